The van der Waals surface area contributed by atoms with E-state index in [1.165, 1.54) is 38.5 Å². The molecule has 0 aliphatic carbocycles. The van der Waals surface area contributed by atoms with Crippen LogP contribution in [-0.2, 0) is 19.3 Å². The van der Waals surface area contributed by atoms with Gasteiger partial charge < -0.3 is 18.6 Å². The molecule has 6 nitrogen and oxygen atoms in total. The zero-order valence-electron chi connectivity index (χ0n) is 18.8. The Bertz CT molecular complexity index is 1450. The van der Waals surface area contributed by atoms with E-state index in [0.29, 0.717) is 23.6 Å². The Morgan fingerprint density at radius 3 is 2.57 bits per heavy atom. The molecule has 0 saturated heterocycles. The van der Waals surface area contributed by atoms with Crippen molar-refractivity contribution in [2.24, 2.45) is 0 Å². The first-order chi connectivity index (χ1) is 16.8. The fraction of sp³-hybridized carbons (Fsp3) is 0.240. The predicted molar refractivity (Wildman–Crippen MR) is 125 cm³/mol. The lowest BCUT2D eigenvalue weighted by atomic mass is 9.99. The van der Waals surface area contributed by atoms with Crippen molar-refractivity contribution in [3.05, 3.63) is 74.3 Å². The summed E-state index contributed by atoms with van der Waals surface area (Å²) in [5, 5.41) is 2.00. The molecule has 0 spiro atoms. The van der Waals surface area contributed by atoms with Gasteiger partial charge >= 0.3 is 6.18 Å². The molecule has 0 N–H and O–H groups in total. The highest BCUT2D eigenvalue weighted by Gasteiger charge is 2.40. The molecule has 0 atom stereocenters. The van der Waals surface area contributed by atoms with Crippen molar-refractivity contribution in [1.29, 1.82) is 0 Å². The largest absolute Gasteiger partial charge is 0.493 e. The van der Waals surface area contributed by atoms with Crippen molar-refractivity contribution in [1.82, 2.24) is 4.90 Å². The van der Waals surface area contributed by atoms with E-state index in [9.17, 15) is 18.0 Å². The lowest BCUT2D eigenvalue weighted by molar-refractivity contribution is -0.152. The van der Waals surface area contributed by atoms with Crippen LogP contribution in [0.15, 0.2) is 57.1 Å². The number of fused-ring (bicyclic) bond motifs is 3. The fourth-order valence-corrected chi connectivity index (χ4v) is 4.94. The number of alkyl halides is 3. The predicted octanol–water partition coefficient (Wildman–Crippen LogP) is 5.91. The summed E-state index contributed by atoms with van der Waals surface area (Å²) >= 11 is 1.58. The Balaban J connectivity index is 1.69. The van der Waals surface area contributed by atoms with E-state index < -0.39 is 22.9 Å². The van der Waals surface area contributed by atoms with Gasteiger partial charge in [-0.3, -0.25) is 9.69 Å². The van der Waals surface area contributed by atoms with Crippen LogP contribution in [0.4, 0.5) is 13.2 Å². The maximum atomic E-state index is 14.2. The number of thiophene rings is 1. The second-order valence-electron chi connectivity index (χ2n) is 7.96. The Morgan fingerprint density at radius 1 is 1.09 bits per heavy atom. The van der Waals surface area contributed by atoms with Crippen LogP contribution in [0.5, 0.6) is 17.2 Å². The Morgan fingerprint density at radius 2 is 1.89 bits per heavy atom. The van der Waals surface area contributed by atoms with E-state index in [1.54, 1.807) is 17.4 Å². The smallest absolute Gasteiger partial charge is 0.450 e. The molecule has 0 fully saturated rings. The van der Waals surface area contributed by atoms with Crippen LogP contribution in [0.1, 0.15) is 16.2 Å². The Labute approximate surface area is 202 Å². The molecule has 0 saturated carbocycles. The molecule has 0 amide bonds. The van der Waals surface area contributed by atoms with Gasteiger partial charge in [0.15, 0.2) is 11.5 Å². The SMILES string of the molecule is COc1ccc(-c2c(C(F)(F)F)oc3c4c(ccc3c2=O)OCN(Cc2cccs2)C4)cc1OC. The zero-order chi connectivity index (χ0) is 24.7. The topological polar surface area (TPSA) is 61.1 Å². The average Bonchev–Trinajstić information content (AvgIpc) is 3.35. The fourth-order valence-electron chi connectivity index (χ4n) is 4.19. The normalized spacial score (nSPS) is 14.0. The van der Waals surface area contributed by atoms with Gasteiger partial charge in [-0.2, -0.15) is 13.2 Å². The van der Waals surface area contributed by atoms with Gasteiger partial charge in [-0.15, -0.1) is 11.3 Å². The highest BCUT2D eigenvalue weighted by Crippen LogP contribution is 2.42. The average molecular weight is 503 g/mol. The second kappa shape index (κ2) is 8.94. The monoisotopic (exact) mass is 503 g/mol. The third-order valence-corrected chi connectivity index (χ3v) is 6.66. The van der Waals surface area contributed by atoms with E-state index in [-0.39, 0.29) is 35.6 Å². The van der Waals surface area contributed by atoms with Crippen molar-refractivity contribution in [2.45, 2.75) is 19.3 Å². The highest BCUT2D eigenvalue weighted by atomic mass is 32.1. The van der Waals surface area contributed by atoms with Crippen LogP contribution in [0.2, 0.25) is 0 Å². The second-order valence-corrected chi connectivity index (χ2v) is 8.99. The number of nitrogens with zero attached hydrogens (tertiary/aromatic N) is 1. The van der Waals surface area contributed by atoms with Crippen LogP contribution < -0.4 is 19.6 Å². The molecule has 1 aliphatic rings. The maximum absolute atomic E-state index is 14.2. The van der Waals surface area contributed by atoms with Crippen LogP contribution in [-0.4, -0.2) is 25.9 Å². The van der Waals surface area contributed by atoms with Crippen molar-refractivity contribution < 1.29 is 31.8 Å². The molecule has 10 heteroatoms. The molecule has 0 bridgehead atoms. The standard InChI is InChI=1S/C25H20F3NO5S/c1-31-19-7-5-14(10-20(19)32-2)21-22(30)16-6-8-18-17(23(16)34-24(21)25(26,27)28)12-29(13-33-18)11-15-4-3-9-35-15/h3-10H,11-13H2,1-2H3. The first-order valence-electron chi connectivity index (χ1n) is 10.6. The van der Waals surface area contributed by atoms with Gasteiger partial charge in [-0.05, 0) is 41.3 Å². The van der Waals surface area contributed by atoms with Crippen LogP contribution in [0, 0.1) is 0 Å². The van der Waals surface area contributed by atoms with Gasteiger partial charge in [0.05, 0.1) is 30.7 Å². The molecule has 5 rings (SSSR count). The number of hydrogen-bond donors (Lipinski definition) is 0. The minimum Gasteiger partial charge on any atom is -0.493 e. The van der Waals surface area contributed by atoms with Crippen LogP contribution in [0.3, 0.4) is 0 Å². The van der Waals surface area contributed by atoms with E-state index in [0.717, 1.165) is 4.88 Å². The molecule has 4 aromatic rings. The molecule has 182 valence electrons. The number of hydrogen-bond acceptors (Lipinski definition) is 7. The first kappa shape index (κ1) is 23.3. The summed E-state index contributed by atoms with van der Waals surface area (Å²) in [5.74, 6) is -0.450. The van der Waals surface area contributed by atoms with Crippen molar-refractivity contribution in [3.63, 3.8) is 0 Å². The summed E-state index contributed by atoms with van der Waals surface area (Å²) in [6.07, 6.45) is -4.91. The van der Waals surface area contributed by atoms with Crippen LogP contribution in [0.25, 0.3) is 22.1 Å². The van der Waals surface area contributed by atoms with E-state index in [4.69, 9.17) is 18.6 Å². The zero-order valence-corrected chi connectivity index (χ0v) is 19.6. The minimum atomic E-state index is -4.91. The molecule has 0 radical (unpaired) electrons. The molecule has 1 aliphatic heterocycles. The quantitative estimate of drug-likeness (QED) is 0.338. The molecular weight excluding hydrogens is 483 g/mol. The summed E-state index contributed by atoms with van der Waals surface area (Å²) in [6.45, 7) is 1.12. The Kier molecular flexibility index (Phi) is 5.94. The first-order valence-corrected chi connectivity index (χ1v) is 11.5. The number of methoxy groups -OCH3 is 2. The third-order valence-electron chi connectivity index (χ3n) is 5.79. The molecular formula is C25H20F3NO5S. The van der Waals surface area contributed by atoms with Gasteiger partial charge in [0.2, 0.25) is 11.2 Å². The van der Waals surface area contributed by atoms with Gasteiger partial charge in [0.1, 0.15) is 18.1 Å². The molecule has 3 heterocycles. The number of benzene rings is 2. The summed E-state index contributed by atoms with van der Waals surface area (Å²) in [5.41, 5.74) is -1.08. The lowest BCUT2D eigenvalue weighted by Gasteiger charge is -2.29. The van der Waals surface area contributed by atoms with Crippen molar-refractivity contribution >= 4 is 22.3 Å². The number of halogens is 3. The third kappa shape index (κ3) is 4.23. The Hall–Kier alpha value is -3.50. The molecule has 0 unspecified atom stereocenters. The summed E-state index contributed by atoms with van der Waals surface area (Å²) in [6, 6.07) is 11.1. The minimum absolute atomic E-state index is 0.0129. The van der Waals surface area contributed by atoms with Gasteiger partial charge in [0, 0.05) is 18.0 Å². The molecule has 2 aromatic heterocycles. The maximum Gasteiger partial charge on any atom is 0.450 e. The summed E-state index contributed by atoms with van der Waals surface area (Å²) in [4.78, 5) is 16.5. The number of rotatable bonds is 5. The van der Waals surface area contributed by atoms with Gasteiger partial charge in [0.25, 0.3) is 0 Å². The highest BCUT2D eigenvalue weighted by molar-refractivity contribution is 7.09. The lowest BCUT2D eigenvalue weighted by Crippen LogP contribution is -2.31. The van der Waals surface area contributed by atoms with Crippen LogP contribution >= 0.6 is 11.3 Å². The van der Waals surface area contributed by atoms with Crippen molar-refractivity contribution in [3.8, 4) is 28.4 Å². The summed E-state index contributed by atoms with van der Waals surface area (Å²) in [7, 11) is 2.78. The van der Waals surface area contributed by atoms with Gasteiger partial charge in [-0.25, -0.2) is 0 Å². The van der Waals surface area contributed by atoms with Crippen molar-refractivity contribution in [2.75, 3.05) is 21.0 Å². The van der Waals surface area contributed by atoms with E-state index >= 15 is 0 Å². The van der Waals surface area contributed by atoms with E-state index in [1.807, 2.05) is 22.4 Å². The van der Waals surface area contributed by atoms with E-state index in [2.05, 4.69) is 0 Å². The molecule has 35 heavy (non-hydrogen) atoms. The molecule has 2 aromatic carbocycles. The van der Waals surface area contributed by atoms with Gasteiger partial charge in [-0.1, -0.05) is 12.1 Å². The number of ether oxygens (including phenoxy) is 3. The summed E-state index contributed by atoms with van der Waals surface area (Å²) < 4.78 is 64.3.